The summed E-state index contributed by atoms with van der Waals surface area (Å²) in [7, 11) is -4.69. The van der Waals surface area contributed by atoms with Crippen molar-refractivity contribution >= 4 is 15.9 Å². The maximum Gasteiger partial charge on any atom is 0.379 e. The topological polar surface area (TPSA) is 27.7 Å². The molecule has 0 amide bonds. The van der Waals surface area contributed by atoms with Crippen LogP contribution in [0.3, 0.4) is 0 Å². The van der Waals surface area contributed by atoms with Gasteiger partial charge in [-0.2, -0.15) is 0 Å². The molecule has 0 N–H and O–H groups in total. The molecule has 0 aromatic carbocycles. The molecule has 0 aliphatic carbocycles. The largest absolute Gasteiger partial charge is 0.410 e. The zero-order valence-electron chi connectivity index (χ0n) is 10.9. The summed E-state index contributed by atoms with van der Waals surface area (Å²) in [5, 5.41) is 0. The third kappa shape index (κ3) is 3.14. The van der Waals surface area contributed by atoms with E-state index in [-0.39, 0.29) is 0 Å². The first-order valence-corrected chi connectivity index (χ1v) is 11.1. The lowest BCUT2D eigenvalue weighted by atomic mass is 10.9. The van der Waals surface area contributed by atoms with Crippen LogP contribution in [0.5, 0.6) is 0 Å². The second-order valence-electron chi connectivity index (χ2n) is 3.48. The number of hydrogen-bond donors (Lipinski definition) is 0. The highest BCUT2D eigenvalue weighted by Gasteiger charge is 2.55. The van der Waals surface area contributed by atoms with Gasteiger partial charge in [0.15, 0.2) is 0 Å². The molecule has 94 valence electrons. The maximum atomic E-state index is 5.90. The average molecular weight is 260 g/mol. The van der Waals surface area contributed by atoms with Crippen LogP contribution in [0.4, 0.5) is 0 Å². The molecule has 5 heteroatoms. The Hall–Kier alpha value is -0.206. The zero-order chi connectivity index (χ0) is 12.7. The molecule has 0 aliphatic heterocycles. The molecule has 0 aromatic heterocycles. The summed E-state index contributed by atoms with van der Waals surface area (Å²) in [6.07, 6.45) is 0. The lowest BCUT2D eigenvalue weighted by Crippen LogP contribution is -2.65. The first-order valence-electron chi connectivity index (χ1n) is 5.74. The number of rotatable bonds is 9. The van der Waals surface area contributed by atoms with E-state index in [1.165, 1.54) is 0 Å². The van der Waals surface area contributed by atoms with Gasteiger partial charge in [-0.15, -0.1) is 13.2 Å². The summed E-state index contributed by atoms with van der Waals surface area (Å²) >= 11 is 0. The summed E-state index contributed by atoms with van der Waals surface area (Å²) < 4.78 is 17.7. The van der Waals surface area contributed by atoms with Gasteiger partial charge in [-0.25, -0.2) is 0 Å². The maximum absolute atomic E-state index is 5.90. The third-order valence-electron chi connectivity index (χ3n) is 2.51. The van der Waals surface area contributed by atoms with Gasteiger partial charge in [-0.1, -0.05) is 11.4 Å². The molecule has 0 aliphatic rings. The van der Waals surface area contributed by atoms with Crippen molar-refractivity contribution in [2.24, 2.45) is 0 Å². The first-order chi connectivity index (χ1) is 7.55. The Bertz CT molecular complexity index is 227. The minimum absolute atomic E-state index is 0.613. The second-order valence-corrected chi connectivity index (χ2v) is 13.8. The molecule has 0 fully saturated rings. The van der Waals surface area contributed by atoms with Crippen LogP contribution in [0.25, 0.3) is 0 Å². The average Bonchev–Trinajstić information content (AvgIpc) is 2.28. The van der Waals surface area contributed by atoms with E-state index < -0.39 is 15.9 Å². The van der Waals surface area contributed by atoms with Gasteiger partial charge in [0, 0.05) is 19.8 Å². The van der Waals surface area contributed by atoms with Crippen LogP contribution < -0.4 is 0 Å². The Morgan fingerprint density at radius 1 is 0.875 bits per heavy atom. The van der Waals surface area contributed by atoms with Crippen molar-refractivity contribution in [1.29, 1.82) is 0 Å². The predicted octanol–water partition coefficient (Wildman–Crippen LogP) is 2.64. The number of hydrogen-bond acceptors (Lipinski definition) is 3. The second kappa shape index (κ2) is 7.18. The molecule has 1 unspecified atom stereocenters. The molecule has 16 heavy (non-hydrogen) atoms. The Balaban J connectivity index is 5.22. The van der Waals surface area contributed by atoms with Crippen molar-refractivity contribution in [2.75, 3.05) is 19.8 Å². The van der Waals surface area contributed by atoms with Crippen LogP contribution in [-0.4, -0.2) is 35.7 Å². The van der Waals surface area contributed by atoms with Crippen LogP contribution >= 0.6 is 0 Å². The fourth-order valence-electron chi connectivity index (χ4n) is 1.68. The molecule has 0 heterocycles. The van der Waals surface area contributed by atoms with Gasteiger partial charge in [-0.05, 0) is 27.3 Å². The quantitative estimate of drug-likeness (QED) is 0.597. The summed E-state index contributed by atoms with van der Waals surface area (Å²) in [6, 6.07) is 0. The predicted molar refractivity (Wildman–Crippen MR) is 72.6 cm³/mol. The molecule has 0 saturated carbocycles. The highest BCUT2D eigenvalue weighted by Crippen LogP contribution is 2.25. The van der Waals surface area contributed by atoms with E-state index in [2.05, 4.69) is 19.7 Å². The van der Waals surface area contributed by atoms with Crippen molar-refractivity contribution in [1.82, 2.24) is 0 Å². The van der Waals surface area contributed by atoms with Crippen molar-refractivity contribution in [3.8, 4) is 0 Å². The minimum atomic E-state index is -2.48. The van der Waals surface area contributed by atoms with Gasteiger partial charge >= 0.3 is 8.08 Å². The molecular weight excluding hydrogens is 236 g/mol. The molecule has 0 aromatic rings. The van der Waals surface area contributed by atoms with E-state index in [0.717, 1.165) is 0 Å². The highest BCUT2D eigenvalue weighted by molar-refractivity contribution is 7.38. The monoisotopic (exact) mass is 260 g/mol. The molecule has 0 bridgehead atoms. The van der Waals surface area contributed by atoms with Gasteiger partial charge in [0.25, 0.3) is 7.83 Å². The lowest BCUT2D eigenvalue weighted by molar-refractivity contribution is 0.200. The van der Waals surface area contributed by atoms with Gasteiger partial charge in [0.05, 0.1) is 0 Å². The van der Waals surface area contributed by atoms with Crippen LogP contribution in [0.15, 0.2) is 24.6 Å². The minimum Gasteiger partial charge on any atom is -0.410 e. The molecule has 1 atom stereocenters. The lowest BCUT2D eigenvalue weighted by Gasteiger charge is -2.38. The van der Waals surface area contributed by atoms with E-state index in [9.17, 15) is 0 Å². The van der Waals surface area contributed by atoms with E-state index in [1.54, 1.807) is 0 Å². The van der Waals surface area contributed by atoms with Crippen molar-refractivity contribution in [3.63, 3.8) is 0 Å². The van der Waals surface area contributed by atoms with Crippen molar-refractivity contribution in [3.05, 3.63) is 24.6 Å². The van der Waals surface area contributed by atoms with Crippen LogP contribution in [0.2, 0.25) is 6.55 Å². The Morgan fingerprint density at radius 3 is 1.56 bits per heavy atom. The Kier molecular flexibility index (Phi) is 7.09. The van der Waals surface area contributed by atoms with Crippen LogP contribution in [0, 0.1) is 0 Å². The van der Waals surface area contributed by atoms with Crippen LogP contribution in [-0.2, 0) is 13.3 Å². The summed E-state index contributed by atoms with van der Waals surface area (Å²) in [4.78, 5) is 0. The summed E-state index contributed by atoms with van der Waals surface area (Å²) in [6.45, 7) is 17.7. The van der Waals surface area contributed by atoms with E-state index >= 15 is 0 Å². The van der Waals surface area contributed by atoms with Gasteiger partial charge in [-0.3, -0.25) is 0 Å². The standard InChI is InChI=1S/C11H24O3Si2/c1-7-12-15(6,10-4)16(11-5,13-8-2)14-9-3/h10-11H,4-5,7-9H2,1-3,6H3. The van der Waals surface area contributed by atoms with Crippen LogP contribution in [0.1, 0.15) is 20.8 Å². The fourth-order valence-corrected chi connectivity index (χ4v) is 10.7. The normalized spacial score (nSPS) is 15.5. The smallest absolute Gasteiger partial charge is 0.379 e. The molecule has 0 rings (SSSR count). The molecule has 0 radical (unpaired) electrons. The van der Waals surface area contributed by atoms with Crippen molar-refractivity contribution < 1.29 is 13.3 Å². The summed E-state index contributed by atoms with van der Waals surface area (Å²) in [5.41, 5.74) is 3.74. The van der Waals surface area contributed by atoms with Crippen molar-refractivity contribution in [2.45, 2.75) is 27.3 Å². The fraction of sp³-hybridized carbons (Fsp3) is 0.636. The molecule has 0 spiro atoms. The third-order valence-corrected chi connectivity index (χ3v) is 14.2. The SMILES string of the molecule is C=C[Si](C)(OCC)[Si](C=C)(OCC)OCC. The van der Waals surface area contributed by atoms with E-state index in [4.69, 9.17) is 13.3 Å². The van der Waals surface area contributed by atoms with E-state index in [0.29, 0.717) is 19.8 Å². The van der Waals surface area contributed by atoms with Gasteiger partial charge in [0.1, 0.15) is 0 Å². The first kappa shape index (κ1) is 15.8. The molecular formula is C11H24O3Si2. The zero-order valence-corrected chi connectivity index (χ0v) is 12.9. The Labute approximate surface area is 101 Å². The summed E-state index contributed by atoms with van der Waals surface area (Å²) in [5.74, 6) is 0. The molecule has 3 nitrogen and oxygen atoms in total. The van der Waals surface area contributed by atoms with Gasteiger partial charge in [0.2, 0.25) is 0 Å². The molecule has 0 saturated heterocycles. The highest BCUT2D eigenvalue weighted by atomic mass is 29.3. The van der Waals surface area contributed by atoms with Gasteiger partial charge < -0.3 is 13.3 Å². The Morgan fingerprint density at radius 2 is 1.31 bits per heavy atom. The van der Waals surface area contributed by atoms with E-state index in [1.807, 2.05) is 32.2 Å².